The van der Waals surface area contributed by atoms with Crippen LogP contribution in [-0.2, 0) is 4.79 Å². The van der Waals surface area contributed by atoms with Gasteiger partial charge in [-0.1, -0.05) is 12.1 Å². The molecule has 0 saturated heterocycles. The zero-order chi connectivity index (χ0) is 15.7. The van der Waals surface area contributed by atoms with Gasteiger partial charge in [0.05, 0.1) is 23.9 Å². The Morgan fingerprint density at radius 3 is 2.91 bits per heavy atom. The van der Waals surface area contributed by atoms with E-state index in [-0.39, 0.29) is 12.5 Å². The lowest BCUT2D eigenvalue weighted by molar-refractivity contribution is -0.125. The lowest BCUT2D eigenvalue weighted by Crippen LogP contribution is -2.44. The van der Waals surface area contributed by atoms with Gasteiger partial charge in [-0.25, -0.2) is 9.18 Å². The summed E-state index contributed by atoms with van der Waals surface area (Å²) in [6.45, 7) is 0.702. The minimum Gasteiger partial charge on any atom is -0.396 e. The molecule has 2 aliphatic rings. The third kappa shape index (κ3) is 2.55. The second-order valence-electron chi connectivity index (χ2n) is 5.28. The van der Waals surface area contributed by atoms with E-state index >= 15 is 0 Å². The van der Waals surface area contributed by atoms with Crippen molar-refractivity contribution in [3.8, 4) is 0 Å². The fourth-order valence-electron chi connectivity index (χ4n) is 2.81. The highest BCUT2D eigenvalue weighted by molar-refractivity contribution is 6.01. The first-order valence-corrected chi connectivity index (χ1v) is 7.06. The molecular weight excluding hydrogens is 289 g/mol. The molecule has 0 spiro atoms. The largest absolute Gasteiger partial charge is 0.396 e. The summed E-state index contributed by atoms with van der Waals surface area (Å²) in [6.07, 6.45) is 0.471. The molecule has 0 saturated carbocycles. The summed E-state index contributed by atoms with van der Waals surface area (Å²) >= 11 is 0. The Morgan fingerprint density at radius 2 is 2.18 bits per heavy atom. The number of nitrogens with zero attached hydrogens (tertiary/aromatic N) is 1. The molecule has 0 aliphatic carbocycles. The van der Waals surface area contributed by atoms with Gasteiger partial charge in [0.2, 0.25) is 0 Å². The molecular formula is C15H16FN3O3. The van der Waals surface area contributed by atoms with E-state index in [4.69, 9.17) is 5.11 Å². The average molecular weight is 305 g/mol. The van der Waals surface area contributed by atoms with Crippen LogP contribution in [0.2, 0.25) is 0 Å². The topological polar surface area (TPSA) is 81.7 Å². The van der Waals surface area contributed by atoms with Gasteiger partial charge in [0.1, 0.15) is 5.82 Å². The molecule has 0 radical (unpaired) electrons. The SMILES string of the molecule is O=C1NC2=C(C(=O)N(CCCO)C2)[C@H](c2cccc(F)c2)N1. The van der Waals surface area contributed by atoms with Crippen molar-refractivity contribution in [3.05, 3.63) is 46.9 Å². The zero-order valence-corrected chi connectivity index (χ0v) is 11.8. The number of rotatable bonds is 4. The van der Waals surface area contributed by atoms with E-state index in [9.17, 15) is 14.0 Å². The predicted octanol–water partition coefficient (Wildman–Crippen LogP) is 0.658. The predicted molar refractivity (Wildman–Crippen MR) is 76.1 cm³/mol. The number of benzene rings is 1. The van der Waals surface area contributed by atoms with Crippen molar-refractivity contribution in [1.82, 2.24) is 15.5 Å². The van der Waals surface area contributed by atoms with Crippen LogP contribution in [-0.4, -0.2) is 41.6 Å². The summed E-state index contributed by atoms with van der Waals surface area (Å²) in [5.41, 5.74) is 1.50. The van der Waals surface area contributed by atoms with E-state index < -0.39 is 17.9 Å². The van der Waals surface area contributed by atoms with Crippen molar-refractivity contribution in [2.24, 2.45) is 0 Å². The molecule has 7 heteroatoms. The van der Waals surface area contributed by atoms with Crippen molar-refractivity contribution in [2.75, 3.05) is 19.7 Å². The van der Waals surface area contributed by atoms with Gasteiger partial charge in [0.25, 0.3) is 5.91 Å². The van der Waals surface area contributed by atoms with Crippen LogP contribution in [0, 0.1) is 5.82 Å². The van der Waals surface area contributed by atoms with Gasteiger partial charge >= 0.3 is 6.03 Å². The summed E-state index contributed by atoms with van der Waals surface area (Å²) in [5, 5.41) is 14.2. The Kier molecular flexibility index (Phi) is 3.81. The Bertz CT molecular complexity index is 659. The van der Waals surface area contributed by atoms with Gasteiger partial charge < -0.3 is 20.6 Å². The number of aliphatic hydroxyl groups is 1. The van der Waals surface area contributed by atoms with Crippen molar-refractivity contribution in [1.29, 1.82) is 0 Å². The van der Waals surface area contributed by atoms with Gasteiger partial charge in [-0.2, -0.15) is 0 Å². The molecule has 2 aliphatic heterocycles. The van der Waals surface area contributed by atoms with E-state index in [1.807, 2.05) is 0 Å². The first-order chi connectivity index (χ1) is 10.6. The molecule has 3 rings (SSSR count). The normalized spacial score (nSPS) is 20.8. The number of amides is 3. The highest BCUT2D eigenvalue weighted by Crippen LogP contribution is 2.32. The van der Waals surface area contributed by atoms with Crippen LogP contribution in [0.15, 0.2) is 35.5 Å². The Labute approximate surface area is 126 Å². The van der Waals surface area contributed by atoms with E-state index in [1.165, 1.54) is 12.1 Å². The number of aliphatic hydroxyl groups excluding tert-OH is 1. The van der Waals surface area contributed by atoms with Crippen LogP contribution >= 0.6 is 0 Å². The highest BCUT2D eigenvalue weighted by atomic mass is 19.1. The van der Waals surface area contributed by atoms with Crippen LogP contribution < -0.4 is 10.6 Å². The maximum absolute atomic E-state index is 13.4. The van der Waals surface area contributed by atoms with Crippen molar-refractivity contribution < 1.29 is 19.1 Å². The summed E-state index contributed by atoms with van der Waals surface area (Å²) < 4.78 is 13.4. The number of nitrogens with one attached hydrogen (secondary N) is 2. The van der Waals surface area contributed by atoms with E-state index in [2.05, 4.69) is 10.6 Å². The van der Waals surface area contributed by atoms with E-state index in [1.54, 1.807) is 17.0 Å². The Balaban J connectivity index is 1.92. The van der Waals surface area contributed by atoms with Crippen LogP contribution in [0.1, 0.15) is 18.0 Å². The van der Waals surface area contributed by atoms with Crippen LogP contribution in [0.5, 0.6) is 0 Å². The van der Waals surface area contributed by atoms with Crippen molar-refractivity contribution in [3.63, 3.8) is 0 Å². The van der Waals surface area contributed by atoms with E-state index in [0.717, 1.165) is 0 Å². The number of hydrogen-bond acceptors (Lipinski definition) is 3. The maximum Gasteiger partial charge on any atom is 0.319 e. The van der Waals surface area contributed by atoms with E-state index in [0.29, 0.717) is 36.3 Å². The molecule has 0 bridgehead atoms. The quantitative estimate of drug-likeness (QED) is 0.764. The third-order valence-electron chi connectivity index (χ3n) is 3.79. The Hall–Kier alpha value is -2.41. The van der Waals surface area contributed by atoms with Crippen LogP contribution in [0.4, 0.5) is 9.18 Å². The summed E-state index contributed by atoms with van der Waals surface area (Å²) in [7, 11) is 0. The molecule has 0 aromatic heterocycles. The molecule has 6 nitrogen and oxygen atoms in total. The second kappa shape index (κ2) is 5.76. The van der Waals surface area contributed by atoms with Gasteiger partial charge in [-0.15, -0.1) is 0 Å². The van der Waals surface area contributed by atoms with Crippen molar-refractivity contribution >= 4 is 11.9 Å². The van der Waals surface area contributed by atoms with Gasteiger partial charge in [0, 0.05) is 13.2 Å². The number of hydrogen-bond donors (Lipinski definition) is 3. The average Bonchev–Trinajstić information content (AvgIpc) is 2.80. The highest BCUT2D eigenvalue weighted by Gasteiger charge is 2.40. The monoisotopic (exact) mass is 305 g/mol. The fourth-order valence-corrected chi connectivity index (χ4v) is 2.81. The molecule has 0 unspecified atom stereocenters. The second-order valence-corrected chi connectivity index (χ2v) is 5.28. The zero-order valence-electron chi connectivity index (χ0n) is 11.8. The van der Waals surface area contributed by atoms with Crippen molar-refractivity contribution in [2.45, 2.75) is 12.5 Å². The number of carbonyl (C=O) groups excluding carboxylic acids is 2. The standard InChI is InChI=1S/C15H16FN3O3/c16-10-4-1-3-9(7-10)13-12-11(17-15(22)18-13)8-19(14(12)21)5-2-6-20/h1,3-4,7,13,20H,2,5-6,8H2,(H2,17,18,22)/t13-/m0/s1. The van der Waals surface area contributed by atoms with Gasteiger partial charge in [0.15, 0.2) is 0 Å². The summed E-state index contributed by atoms with van der Waals surface area (Å²) in [6, 6.07) is 4.77. The van der Waals surface area contributed by atoms with Gasteiger partial charge in [-0.05, 0) is 24.1 Å². The molecule has 1 aromatic carbocycles. The maximum atomic E-state index is 13.4. The van der Waals surface area contributed by atoms with Crippen LogP contribution in [0.3, 0.4) is 0 Å². The molecule has 0 fully saturated rings. The lowest BCUT2D eigenvalue weighted by atomic mass is 9.96. The minimum atomic E-state index is -0.661. The molecule has 22 heavy (non-hydrogen) atoms. The molecule has 3 amide bonds. The lowest BCUT2D eigenvalue weighted by Gasteiger charge is -2.25. The minimum absolute atomic E-state index is 0.00756. The number of carbonyl (C=O) groups is 2. The molecule has 116 valence electrons. The summed E-state index contributed by atoms with van der Waals surface area (Å²) in [5.74, 6) is -0.625. The first-order valence-electron chi connectivity index (χ1n) is 7.06. The fraction of sp³-hybridized carbons (Fsp3) is 0.333. The molecule has 1 atom stereocenters. The first kappa shape index (κ1) is 14.5. The van der Waals surface area contributed by atoms with Crippen LogP contribution in [0.25, 0.3) is 0 Å². The van der Waals surface area contributed by atoms with Gasteiger partial charge in [-0.3, -0.25) is 4.79 Å². The smallest absolute Gasteiger partial charge is 0.319 e. The number of urea groups is 1. The number of halogens is 1. The summed E-state index contributed by atoms with van der Waals surface area (Å²) in [4.78, 5) is 25.9. The molecule has 3 N–H and O–H groups in total. The third-order valence-corrected chi connectivity index (χ3v) is 3.79. The Morgan fingerprint density at radius 1 is 1.36 bits per heavy atom. The molecule has 1 aromatic rings. The molecule has 2 heterocycles.